The van der Waals surface area contributed by atoms with Crippen LogP contribution in [0, 0.1) is 0 Å². The summed E-state index contributed by atoms with van der Waals surface area (Å²) in [5.41, 5.74) is 0. The van der Waals surface area contributed by atoms with Crippen LogP contribution >= 0.6 is 0 Å². The fraction of sp³-hybridized carbons (Fsp3) is 1.00. The first-order valence-electron chi connectivity index (χ1n) is 4.08. The van der Waals surface area contributed by atoms with E-state index in [9.17, 15) is 25.9 Å². The molecule has 0 aromatic carbocycles. The number of hydrogen-bond donors (Lipinski definition) is 0. The molecule has 0 atom stereocenters. The molecule has 0 bridgehead atoms. The third-order valence-electron chi connectivity index (χ3n) is 1.54. The van der Waals surface area contributed by atoms with Crippen LogP contribution in [0.1, 0.15) is 25.7 Å². The van der Waals surface area contributed by atoms with E-state index >= 15 is 0 Å². The Morgan fingerprint density at radius 1 is 0.625 bits per heavy atom. The van der Waals surface area contributed by atoms with Gasteiger partial charge in [-0.1, -0.05) is 12.8 Å². The van der Waals surface area contributed by atoms with E-state index in [1.807, 2.05) is 0 Å². The Morgan fingerprint density at radius 2 is 0.875 bits per heavy atom. The van der Waals surface area contributed by atoms with E-state index in [0.29, 0.717) is 12.8 Å². The Hall–Kier alpha value is 1.01. The van der Waals surface area contributed by atoms with Crippen molar-refractivity contribution in [2.75, 3.05) is 11.5 Å². The van der Waals surface area contributed by atoms with Gasteiger partial charge in [-0.05, 0) is 12.8 Å². The maximum absolute atomic E-state index is 10.1. The second kappa shape index (κ2) is 9.99. The van der Waals surface area contributed by atoms with E-state index in [2.05, 4.69) is 0 Å². The SMILES string of the molecule is O=S(=O)([O-])CCCCCCS(=O)(=O)[O-].[Li+].[Li+]. The molecule has 0 aromatic heterocycles. The zero-order valence-electron chi connectivity index (χ0n) is 9.51. The van der Waals surface area contributed by atoms with Crippen LogP contribution < -0.4 is 37.7 Å². The second-order valence-electron chi connectivity index (χ2n) is 2.94. The van der Waals surface area contributed by atoms with Gasteiger partial charge in [0.15, 0.2) is 0 Å². The van der Waals surface area contributed by atoms with Gasteiger partial charge in [-0.15, -0.1) is 0 Å². The molecule has 0 rings (SSSR count). The van der Waals surface area contributed by atoms with Gasteiger partial charge in [-0.2, -0.15) is 0 Å². The van der Waals surface area contributed by atoms with Crippen LogP contribution in [-0.4, -0.2) is 37.4 Å². The molecular weight excluding hydrogens is 246 g/mol. The normalized spacial score (nSPS) is 11.4. The van der Waals surface area contributed by atoms with Crippen molar-refractivity contribution >= 4 is 20.2 Å². The Bertz CT molecular complexity index is 313. The molecule has 0 N–H and O–H groups in total. The van der Waals surface area contributed by atoms with Crippen LogP contribution in [0.15, 0.2) is 0 Å². The van der Waals surface area contributed by atoms with Gasteiger partial charge in [0.2, 0.25) is 0 Å². The van der Waals surface area contributed by atoms with Crippen molar-refractivity contribution in [1.29, 1.82) is 0 Å². The van der Waals surface area contributed by atoms with Crippen LogP contribution in [0.3, 0.4) is 0 Å². The minimum Gasteiger partial charge on any atom is -0.748 e. The third kappa shape index (κ3) is 20.4. The zero-order chi connectivity index (χ0) is 11.2. The predicted octanol–water partition coefficient (Wildman–Crippen LogP) is -6.35. The molecule has 86 valence electrons. The molecule has 0 saturated carbocycles. The summed E-state index contributed by atoms with van der Waals surface area (Å²) in [5, 5.41) is 0. The summed E-state index contributed by atoms with van der Waals surface area (Å²) in [7, 11) is -8.34. The summed E-state index contributed by atoms with van der Waals surface area (Å²) in [4.78, 5) is 0. The third-order valence-corrected chi connectivity index (χ3v) is 3.12. The smallest absolute Gasteiger partial charge is 0.748 e. The molecule has 0 aromatic rings. The fourth-order valence-electron chi connectivity index (χ4n) is 0.911. The van der Waals surface area contributed by atoms with E-state index in [0.717, 1.165) is 0 Å². The van der Waals surface area contributed by atoms with Crippen molar-refractivity contribution in [2.45, 2.75) is 25.7 Å². The van der Waals surface area contributed by atoms with E-state index in [4.69, 9.17) is 0 Å². The molecule has 0 aliphatic carbocycles. The van der Waals surface area contributed by atoms with Crippen molar-refractivity contribution in [3.8, 4) is 0 Å². The summed E-state index contributed by atoms with van der Waals surface area (Å²) in [6, 6.07) is 0. The fourth-order valence-corrected chi connectivity index (χ4v) is 2.03. The topological polar surface area (TPSA) is 114 Å². The number of rotatable bonds is 7. The molecule has 0 saturated heterocycles. The summed E-state index contributed by atoms with van der Waals surface area (Å²) < 4.78 is 60.7. The van der Waals surface area contributed by atoms with E-state index < -0.39 is 31.7 Å². The molecule has 10 heteroatoms. The van der Waals surface area contributed by atoms with Crippen LogP contribution in [0.4, 0.5) is 0 Å². The van der Waals surface area contributed by atoms with Gasteiger partial charge in [0.1, 0.15) is 0 Å². The maximum atomic E-state index is 10.1. The van der Waals surface area contributed by atoms with Crippen molar-refractivity contribution < 1.29 is 63.7 Å². The first-order valence-corrected chi connectivity index (χ1v) is 7.23. The molecule has 0 fully saturated rings. The quantitative estimate of drug-likeness (QED) is 0.255. The molecule has 0 unspecified atom stereocenters. The van der Waals surface area contributed by atoms with Gasteiger partial charge in [-0.3, -0.25) is 0 Å². The molecule has 0 heterocycles. The Kier molecular flexibility index (Phi) is 13.9. The van der Waals surface area contributed by atoms with Crippen molar-refractivity contribution in [3.63, 3.8) is 0 Å². The van der Waals surface area contributed by atoms with Crippen molar-refractivity contribution in [3.05, 3.63) is 0 Å². The van der Waals surface area contributed by atoms with Gasteiger partial charge in [-0.25, -0.2) is 16.8 Å². The van der Waals surface area contributed by atoms with Gasteiger partial charge in [0.05, 0.1) is 20.2 Å². The minimum atomic E-state index is -4.17. The first kappa shape index (κ1) is 22.2. The van der Waals surface area contributed by atoms with Crippen LogP contribution in [0.2, 0.25) is 0 Å². The second-order valence-corrected chi connectivity index (χ2v) is 5.99. The molecular formula is C6H12Li2O6S2. The summed E-state index contributed by atoms with van der Waals surface area (Å²) >= 11 is 0. The van der Waals surface area contributed by atoms with E-state index in [1.165, 1.54) is 0 Å². The molecule has 6 nitrogen and oxygen atoms in total. The standard InChI is InChI=1S/C6H14O6S2.2Li/c7-13(8,9)5-3-1-2-4-6-14(10,11)12;;/h1-6H2,(H,7,8,9)(H,10,11,12);;/q;2*+1/p-2. The largest absolute Gasteiger partial charge is 1.00 e. The molecule has 0 radical (unpaired) electrons. The molecule has 0 amide bonds. The molecule has 16 heavy (non-hydrogen) atoms. The summed E-state index contributed by atoms with van der Waals surface area (Å²) in [6.45, 7) is 0. The van der Waals surface area contributed by atoms with Crippen molar-refractivity contribution in [1.82, 2.24) is 0 Å². The Morgan fingerprint density at radius 3 is 1.06 bits per heavy atom. The Balaban J connectivity index is -0.000000845. The zero-order valence-corrected chi connectivity index (χ0v) is 11.1. The molecule has 0 aliphatic rings. The van der Waals surface area contributed by atoms with Gasteiger partial charge in [0.25, 0.3) is 0 Å². The minimum absolute atomic E-state index is 0. The number of unbranched alkanes of at least 4 members (excludes halogenated alkanes) is 3. The Labute approximate surface area is 120 Å². The van der Waals surface area contributed by atoms with Gasteiger partial charge < -0.3 is 9.11 Å². The van der Waals surface area contributed by atoms with Crippen molar-refractivity contribution in [2.24, 2.45) is 0 Å². The van der Waals surface area contributed by atoms with Gasteiger partial charge in [0, 0.05) is 11.5 Å². The predicted molar refractivity (Wildman–Crippen MR) is 47.6 cm³/mol. The van der Waals surface area contributed by atoms with E-state index in [1.54, 1.807) is 0 Å². The van der Waals surface area contributed by atoms with Crippen LogP contribution in [0.5, 0.6) is 0 Å². The summed E-state index contributed by atoms with van der Waals surface area (Å²) in [5.74, 6) is -0.867. The number of hydrogen-bond acceptors (Lipinski definition) is 6. The first-order chi connectivity index (χ1) is 6.21. The average Bonchev–Trinajstić information content (AvgIpc) is 1.92. The molecule has 0 spiro atoms. The van der Waals surface area contributed by atoms with E-state index in [-0.39, 0.29) is 50.6 Å². The maximum Gasteiger partial charge on any atom is 1.00 e. The molecule has 0 aliphatic heterocycles. The van der Waals surface area contributed by atoms with Crippen LogP contribution in [0.25, 0.3) is 0 Å². The monoisotopic (exact) mass is 258 g/mol. The average molecular weight is 258 g/mol. The summed E-state index contributed by atoms with van der Waals surface area (Å²) in [6.07, 6.45) is 1.31. The van der Waals surface area contributed by atoms with Gasteiger partial charge >= 0.3 is 37.7 Å². The van der Waals surface area contributed by atoms with Crippen LogP contribution in [-0.2, 0) is 20.2 Å².